The summed E-state index contributed by atoms with van der Waals surface area (Å²) in [5, 5.41) is 2.80. The second-order valence-electron chi connectivity index (χ2n) is 4.97. The smallest absolute Gasteiger partial charge is 0.251 e. The van der Waals surface area contributed by atoms with Gasteiger partial charge in [0.2, 0.25) is 0 Å². The molecule has 1 heterocycles. The maximum atomic E-state index is 13.8. The predicted octanol–water partition coefficient (Wildman–Crippen LogP) is 1.29. The second kappa shape index (κ2) is 7.77. The summed E-state index contributed by atoms with van der Waals surface area (Å²) in [5.74, 6) is 4.94. The summed E-state index contributed by atoms with van der Waals surface area (Å²) in [7, 11) is 0. The van der Waals surface area contributed by atoms with Crippen molar-refractivity contribution in [3.05, 3.63) is 35.1 Å². The lowest BCUT2D eigenvalue weighted by Crippen LogP contribution is -2.26. The SMILES string of the molecule is NCC#Cc1ccc(C(=O)NCCC2CCOC2)cc1F. The fourth-order valence-electron chi connectivity index (χ4n) is 2.21. The van der Waals surface area contributed by atoms with Gasteiger partial charge in [0.05, 0.1) is 12.1 Å². The number of amides is 1. The fourth-order valence-corrected chi connectivity index (χ4v) is 2.21. The van der Waals surface area contributed by atoms with Crippen molar-refractivity contribution in [3.63, 3.8) is 0 Å². The number of nitrogens with one attached hydrogen (secondary N) is 1. The highest BCUT2D eigenvalue weighted by molar-refractivity contribution is 5.94. The molecule has 1 unspecified atom stereocenters. The molecule has 21 heavy (non-hydrogen) atoms. The number of carbonyl (C=O) groups is 1. The van der Waals surface area contributed by atoms with E-state index in [1.807, 2.05) is 0 Å². The van der Waals surface area contributed by atoms with E-state index in [1.54, 1.807) is 6.07 Å². The van der Waals surface area contributed by atoms with Crippen LogP contribution in [0.5, 0.6) is 0 Å². The third-order valence-corrected chi connectivity index (χ3v) is 3.42. The van der Waals surface area contributed by atoms with E-state index < -0.39 is 5.82 Å². The van der Waals surface area contributed by atoms with Gasteiger partial charge in [0.25, 0.3) is 5.91 Å². The highest BCUT2D eigenvalue weighted by Crippen LogP contribution is 2.15. The minimum Gasteiger partial charge on any atom is -0.381 e. The minimum absolute atomic E-state index is 0.173. The average Bonchev–Trinajstić information content (AvgIpc) is 2.99. The Balaban J connectivity index is 1.88. The van der Waals surface area contributed by atoms with Gasteiger partial charge < -0.3 is 15.8 Å². The van der Waals surface area contributed by atoms with Crippen molar-refractivity contribution in [1.29, 1.82) is 0 Å². The van der Waals surface area contributed by atoms with Crippen molar-refractivity contribution in [2.24, 2.45) is 11.7 Å². The normalized spacial score (nSPS) is 17.1. The standard InChI is InChI=1S/C16H19FN2O2/c17-15-10-14(4-3-13(15)2-1-7-18)16(20)19-8-5-12-6-9-21-11-12/h3-4,10,12H,5-9,11,18H2,(H,19,20). The Bertz CT molecular complexity index is 557. The van der Waals surface area contributed by atoms with Crippen molar-refractivity contribution in [2.75, 3.05) is 26.3 Å². The van der Waals surface area contributed by atoms with Crippen LogP contribution in [0.25, 0.3) is 0 Å². The van der Waals surface area contributed by atoms with E-state index in [0.717, 1.165) is 26.1 Å². The Labute approximate surface area is 123 Å². The Hall–Kier alpha value is -1.90. The molecule has 0 spiro atoms. The van der Waals surface area contributed by atoms with Crippen molar-refractivity contribution in [2.45, 2.75) is 12.8 Å². The predicted molar refractivity (Wildman–Crippen MR) is 78.2 cm³/mol. The van der Waals surface area contributed by atoms with Gasteiger partial charge in [-0.15, -0.1) is 0 Å². The number of carbonyl (C=O) groups excluding carboxylic acids is 1. The Morgan fingerprint density at radius 2 is 2.38 bits per heavy atom. The molecule has 1 saturated heterocycles. The molecule has 1 amide bonds. The van der Waals surface area contributed by atoms with Gasteiger partial charge in [0.1, 0.15) is 5.82 Å². The van der Waals surface area contributed by atoms with Crippen LogP contribution in [0.15, 0.2) is 18.2 Å². The van der Waals surface area contributed by atoms with Gasteiger partial charge in [-0.2, -0.15) is 0 Å². The van der Waals surface area contributed by atoms with E-state index in [9.17, 15) is 9.18 Å². The molecule has 1 fully saturated rings. The number of ether oxygens (including phenoxy) is 1. The van der Waals surface area contributed by atoms with Crippen LogP contribution in [0.2, 0.25) is 0 Å². The van der Waals surface area contributed by atoms with Gasteiger partial charge in [-0.3, -0.25) is 4.79 Å². The van der Waals surface area contributed by atoms with E-state index in [2.05, 4.69) is 17.2 Å². The lowest BCUT2D eigenvalue weighted by molar-refractivity contribution is 0.0950. The summed E-state index contributed by atoms with van der Waals surface area (Å²) >= 11 is 0. The molecule has 1 aliphatic heterocycles. The zero-order chi connectivity index (χ0) is 15.1. The highest BCUT2D eigenvalue weighted by Gasteiger charge is 2.15. The average molecular weight is 290 g/mol. The van der Waals surface area contributed by atoms with Gasteiger partial charge in [-0.05, 0) is 37.0 Å². The second-order valence-corrected chi connectivity index (χ2v) is 4.97. The quantitative estimate of drug-likeness (QED) is 0.821. The zero-order valence-corrected chi connectivity index (χ0v) is 11.8. The largest absolute Gasteiger partial charge is 0.381 e. The van der Waals surface area contributed by atoms with E-state index in [4.69, 9.17) is 10.5 Å². The molecule has 1 atom stereocenters. The van der Waals surface area contributed by atoms with Gasteiger partial charge in [0.15, 0.2) is 0 Å². The first-order valence-electron chi connectivity index (χ1n) is 7.05. The van der Waals surface area contributed by atoms with Crippen LogP contribution < -0.4 is 11.1 Å². The summed E-state index contributed by atoms with van der Waals surface area (Å²) in [6.45, 7) is 2.31. The molecule has 5 heteroatoms. The van der Waals surface area contributed by atoms with E-state index >= 15 is 0 Å². The van der Waals surface area contributed by atoms with E-state index in [1.165, 1.54) is 12.1 Å². The fraction of sp³-hybridized carbons (Fsp3) is 0.438. The first-order chi connectivity index (χ1) is 10.2. The Kier molecular flexibility index (Phi) is 5.73. The third-order valence-electron chi connectivity index (χ3n) is 3.42. The summed E-state index contributed by atoms with van der Waals surface area (Å²) in [6, 6.07) is 4.27. The van der Waals surface area contributed by atoms with Crippen molar-refractivity contribution in [3.8, 4) is 11.8 Å². The Morgan fingerprint density at radius 3 is 3.05 bits per heavy atom. The van der Waals surface area contributed by atoms with Gasteiger partial charge in [-0.25, -0.2) is 4.39 Å². The topological polar surface area (TPSA) is 64.4 Å². The van der Waals surface area contributed by atoms with Crippen LogP contribution in [-0.4, -0.2) is 32.2 Å². The summed E-state index contributed by atoms with van der Waals surface area (Å²) in [5.41, 5.74) is 5.79. The number of hydrogen-bond donors (Lipinski definition) is 2. The molecule has 0 bridgehead atoms. The first kappa shape index (κ1) is 15.5. The molecule has 112 valence electrons. The van der Waals surface area contributed by atoms with Gasteiger partial charge >= 0.3 is 0 Å². The summed E-state index contributed by atoms with van der Waals surface area (Å²) in [6.07, 6.45) is 1.92. The molecule has 0 radical (unpaired) electrons. The molecule has 0 aromatic heterocycles. The third kappa shape index (κ3) is 4.55. The zero-order valence-electron chi connectivity index (χ0n) is 11.8. The van der Waals surface area contributed by atoms with Gasteiger partial charge in [0, 0.05) is 25.3 Å². The van der Waals surface area contributed by atoms with Crippen LogP contribution in [-0.2, 0) is 4.74 Å². The molecule has 1 aliphatic rings. The number of benzene rings is 1. The van der Waals surface area contributed by atoms with Crippen LogP contribution >= 0.6 is 0 Å². The minimum atomic E-state index is -0.507. The molecule has 0 saturated carbocycles. The molecule has 4 nitrogen and oxygen atoms in total. The first-order valence-corrected chi connectivity index (χ1v) is 7.05. The van der Waals surface area contributed by atoms with Crippen LogP contribution in [0.1, 0.15) is 28.8 Å². The molecule has 0 aliphatic carbocycles. The van der Waals surface area contributed by atoms with Crippen LogP contribution in [0, 0.1) is 23.6 Å². The summed E-state index contributed by atoms with van der Waals surface area (Å²) < 4.78 is 19.0. The molecular weight excluding hydrogens is 271 g/mol. The summed E-state index contributed by atoms with van der Waals surface area (Å²) in [4.78, 5) is 11.9. The lowest BCUT2D eigenvalue weighted by atomic mass is 10.1. The highest BCUT2D eigenvalue weighted by atomic mass is 19.1. The number of halogens is 1. The van der Waals surface area contributed by atoms with Crippen molar-refractivity contribution in [1.82, 2.24) is 5.32 Å². The molecule has 1 aromatic rings. The van der Waals surface area contributed by atoms with Crippen LogP contribution in [0.4, 0.5) is 4.39 Å². The molecule has 2 rings (SSSR count). The van der Waals surface area contributed by atoms with Gasteiger partial charge in [-0.1, -0.05) is 11.8 Å². The van der Waals surface area contributed by atoms with Crippen LogP contribution in [0.3, 0.4) is 0 Å². The lowest BCUT2D eigenvalue weighted by Gasteiger charge is -2.09. The van der Waals surface area contributed by atoms with Crippen molar-refractivity contribution < 1.29 is 13.9 Å². The van der Waals surface area contributed by atoms with E-state index in [-0.39, 0.29) is 18.0 Å². The number of hydrogen-bond acceptors (Lipinski definition) is 3. The monoisotopic (exact) mass is 290 g/mol. The molecule has 1 aromatic carbocycles. The Morgan fingerprint density at radius 1 is 1.52 bits per heavy atom. The van der Waals surface area contributed by atoms with E-state index in [0.29, 0.717) is 18.0 Å². The van der Waals surface area contributed by atoms with Crippen molar-refractivity contribution >= 4 is 5.91 Å². The number of rotatable bonds is 4. The molecule has 3 N–H and O–H groups in total. The number of nitrogens with two attached hydrogens (primary N) is 1. The molecular formula is C16H19FN2O2. The maximum absolute atomic E-state index is 13.8. The maximum Gasteiger partial charge on any atom is 0.251 e.